The summed E-state index contributed by atoms with van der Waals surface area (Å²) >= 11 is 8.61. The van der Waals surface area contributed by atoms with Crippen molar-refractivity contribution in [1.29, 1.82) is 0 Å². The second-order valence-corrected chi connectivity index (χ2v) is 11.0. The zero-order chi connectivity index (χ0) is 19.4. The van der Waals surface area contributed by atoms with Gasteiger partial charge in [0.25, 0.3) is 0 Å². The Labute approximate surface area is 172 Å². The molecule has 11 heteroatoms. The van der Waals surface area contributed by atoms with Crippen LogP contribution in [0.25, 0.3) is 0 Å². The summed E-state index contributed by atoms with van der Waals surface area (Å²) in [5.74, 6) is 0.567. The Bertz CT molecular complexity index is 919. The van der Waals surface area contributed by atoms with E-state index < -0.39 is 15.8 Å². The van der Waals surface area contributed by atoms with Gasteiger partial charge in [0.1, 0.15) is 5.82 Å². The van der Waals surface area contributed by atoms with Crippen LogP contribution in [0.1, 0.15) is 13.3 Å². The van der Waals surface area contributed by atoms with Crippen molar-refractivity contribution >= 4 is 45.3 Å². The molecule has 0 aliphatic carbocycles. The van der Waals surface area contributed by atoms with Gasteiger partial charge in [-0.3, -0.25) is 4.90 Å². The minimum Gasteiger partial charge on any atom is -0.282 e. The number of halogens is 1. The molecule has 0 amide bonds. The van der Waals surface area contributed by atoms with Gasteiger partial charge in [0, 0.05) is 31.9 Å². The van der Waals surface area contributed by atoms with Gasteiger partial charge in [-0.2, -0.15) is 9.40 Å². The second-order valence-electron chi connectivity index (χ2n) is 6.10. The van der Waals surface area contributed by atoms with Gasteiger partial charge < -0.3 is 0 Å². The largest absolute Gasteiger partial charge is 0.282 e. The lowest BCUT2D eigenvalue weighted by Gasteiger charge is -2.33. The van der Waals surface area contributed by atoms with E-state index in [1.807, 2.05) is 4.68 Å². The van der Waals surface area contributed by atoms with Crippen LogP contribution in [0.15, 0.2) is 33.5 Å². The zero-order valence-corrected chi connectivity index (χ0v) is 18.1. The predicted molar refractivity (Wildman–Crippen MR) is 109 cm³/mol. The number of sulfonamides is 1. The maximum atomic E-state index is 13.0. The fraction of sp³-hybridized carbons (Fsp3) is 0.500. The van der Waals surface area contributed by atoms with Crippen LogP contribution in [-0.2, 0) is 16.7 Å². The van der Waals surface area contributed by atoms with Gasteiger partial charge in [-0.25, -0.2) is 17.5 Å². The quantitative estimate of drug-likeness (QED) is 0.479. The van der Waals surface area contributed by atoms with Crippen molar-refractivity contribution in [3.8, 4) is 0 Å². The highest BCUT2D eigenvalue weighted by Gasteiger charge is 2.28. The first-order chi connectivity index (χ1) is 12.9. The fourth-order valence-corrected chi connectivity index (χ4v) is 6.35. The van der Waals surface area contributed by atoms with Crippen molar-refractivity contribution in [2.45, 2.75) is 29.2 Å². The molecule has 6 nitrogen and oxygen atoms in total. The van der Waals surface area contributed by atoms with E-state index in [0.717, 1.165) is 20.5 Å². The van der Waals surface area contributed by atoms with Crippen molar-refractivity contribution < 1.29 is 12.8 Å². The SMILES string of the molecule is CCCSc1nn(CN2CCN(S(=O)(=O)c3ccc(F)cc3)CC2)c(=S)s1. The molecular weight excluding hydrogens is 427 g/mol. The minimum atomic E-state index is -3.59. The Kier molecular flexibility index (Phi) is 7.03. The van der Waals surface area contributed by atoms with Crippen molar-refractivity contribution in [3.05, 3.63) is 34.0 Å². The maximum absolute atomic E-state index is 13.0. The van der Waals surface area contributed by atoms with E-state index in [-0.39, 0.29) is 4.90 Å². The highest BCUT2D eigenvalue weighted by atomic mass is 32.2. The lowest BCUT2D eigenvalue weighted by Crippen LogP contribution is -2.48. The van der Waals surface area contributed by atoms with Gasteiger partial charge in [0.15, 0.2) is 8.29 Å². The van der Waals surface area contributed by atoms with Crippen molar-refractivity contribution in [2.75, 3.05) is 31.9 Å². The Balaban J connectivity index is 1.60. The lowest BCUT2D eigenvalue weighted by atomic mass is 10.4. The first kappa shape index (κ1) is 20.9. The van der Waals surface area contributed by atoms with Crippen molar-refractivity contribution in [1.82, 2.24) is 19.0 Å². The first-order valence-electron chi connectivity index (χ1n) is 8.59. The Morgan fingerprint density at radius 3 is 2.52 bits per heavy atom. The zero-order valence-electron chi connectivity index (χ0n) is 14.9. The summed E-state index contributed by atoms with van der Waals surface area (Å²) < 4.78 is 43.3. The standard InChI is InChI=1S/C16H21FN4O2S4/c1-2-11-25-15-18-21(16(24)26-15)12-19-7-9-20(10-8-19)27(22,23)14-5-3-13(17)4-6-14/h3-6H,2,7-12H2,1H3. The molecule has 1 fully saturated rings. The molecule has 0 unspecified atom stereocenters. The van der Waals surface area contributed by atoms with Crippen LogP contribution in [0.4, 0.5) is 4.39 Å². The van der Waals surface area contributed by atoms with E-state index in [4.69, 9.17) is 12.2 Å². The number of hydrogen-bond donors (Lipinski definition) is 0. The van der Waals surface area contributed by atoms with Crippen LogP contribution >= 0.6 is 35.3 Å². The number of rotatable bonds is 7. The van der Waals surface area contributed by atoms with Gasteiger partial charge in [-0.1, -0.05) is 30.0 Å². The molecule has 27 heavy (non-hydrogen) atoms. The fourth-order valence-electron chi connectivity index (χ4n) is 2.68. The molecular formula is C16H21FN4O2S4. The van der Waals surface area contributed by atoms with Crippen LogP contribution < -0.4 is 0 Å². The Morgan fingerprint density at radius 2 is 1.89 bits per heavy atom. The molecule has 1 aliphatic rings. The Morgan fingerprint density at radius 1 is 1.22 bits per heavy atom. The minimum absolute atomic E-state index is 0.122. The van der Waals surface area contributed by atoms with Crippen LogP contribution in [-0.4, -0.2) is 59.3 Å². The van der Waals surface area contributed by atoms with E-state index in [2.05, 4.69) is 16.9 Å². The van der Waals surface area contributed by atoms with Crippen molar-refractivity contribution in [3.63, 3.8) is 0 Å². The number of nitrogens with zero attached hydrogens (tertiary/aromatic N) is 4. The van der Waals surface area contributed by atoms with Gasteiger partial charge in [0.05, 0.1) is 11.6 Å². The average molecular weight is 449 g/mol. The average Bonchev–Trinajstić information content (AvgIpc) is 3.00. The molecule has 148 valence electrons. The van der Waals surface area contributed by atoms with Crippen LogP contribution in [0.3, 0.4) is 0 Å². The highest BCUT2D eigenvalue weighted by molar-refractivity contribution is 8.01. The molecule has 1 saturated heterocycles. The monoisotopic (exact) mass is 448 g/mol. The third-order valence-corrected chi connectivity index (χ3v) is 8.69. The smallest absolute Gasteiger partial charge is 0.243 e. The molecule has 0 N–H and O–H groups in total. The summed E-state index contributed by atoms with van der Waals surface area (Å²) in [5, 5.41) is 4.55. The number of hydrogen-bond acceptors (Lipinski definition) is 7. The number of benzene rings is 1. The summed E-state index contributed by atoms with van der Waals surface area (Å²) in [4.78, 5) is 2.26. The van der Waals surface area contributed by atoms with Gasteiger partial charge in [0.2, 0.25) is 10.0 Å². The molecule has 0 spiro atoms. The topological polar surface area (TPSA) is 58.4 Å². The summed E-state index contributed by atoms with van der Waals surface area (Å²) in [5.41, 5.74) is 0. The molecule has 1 aromatic heterocycles. The summed E-state index contributed by atoms with van der Waals surface area (Å²) in [6.45, 7) is 4.65. The third kappa shape index (κ3) is 5.15. The second kappa shape index (κ2) is 9.10. The molecule has 0 atom stereocenters. The van der Waals surface area contributed by atoms with E-state index in [1.54, 1.807) is 11.8 Å². The summed E-state index contributed by atoms with van der Waals surface area (Å²) in [6, 6.07) is 4.95. The summed E-state index contributed by atoms with van der Waals surface area (Å²) in [7, 11) is -3.59. The third-order valence-electron chi connectivity index (χ3n) is 4.13. The van der Waals surface area contributed by atoms with E-state index in [0.29, 0.717) is 32.8 Å². The van der Waals surface area contributed by atoms with Gasteiger partial charge in [-0.15, -0.1) is 0 Å². The molecule has 1 aromatic carbocycles. The van der Waals surface area contributed by atoms with Gasteiger partial charge in [-0.05, 0) is 42.9 Å². The molecule has 2 heterocycles. The number of piperazine rings is 1. The van der Waals surface area contributed by atoms with E-state index in [9.17, 15) is 12.8 Å². The van der Waals surface area contributed by atoms with E-state index >= 15 is 0 Å². The van der Waals surface area contributed by atoms with Crippen LogP contribution in [0, 0.1) is 9.77 Å². The van der Waals surface area contributed by atoms with E-state index in [1.165, 1.54) is 39.9 Å². The number of aromatic nitrogens is 2. The maximum Gasteiger partial charge on any atom is 0.243 e. The van der Waals surface area contributed by atoms with Gasteiger partial charge >= 0.3 is 0 Å². The number of thioether (sulfide) groups is 1. The van der Waals surface area contributed by atoms with Crippen LogP contribution in [0.2, 0.25) is 0 Å². The highest BCUT2D eigenvalue weighted by Crippen LogP contribution is 2.23. The Hall–Kier alpha value is -0.850. The first-order valence-corrected chi connectivity index (χ1v) is 12.2. The molecule has 0 radical (unpaired) electrons. The molecule has 1 aliphatic heterocycles. The summed E-state index contributed by atoms with van der Waals surface area (Å²) in [6.07, 6.45) is 1.08. The normalized spacial score (nSPS) is 16.7. The predicted octanol–water partition coefficient (Wildman–Crippen LogP) is 3.28. The molecule has 3 rings (SSSR count). The van der Waals surface area contributed by atoms with Crippen molar-refractivity contribution in [2.24, 2.45) is 0 Å². The molecule has 0 bridgehead atoms. The van der Waals surface area contributed by atoms with Crippen LogP contribution in [0.5, 0.6) is 0 Å². The lowest BCUT2D eigenvalue weighted by molar-refractivity contribution is 0.144. The molecule has 0 saturated carbocycles. The molecule has 2 aromatic rings.